The zero-order valence-corrected chi connectivity index (χ0v) is 12.3. The summed E-state index contributed by atoms with van der Waals surface area (Å²) >= 11 is 0. The molecule has 0 aromatic carbocycles. The highest BCUT2D eigenvalue weighted by atomic mass is 16.7. The molecule has 1 heterocycles. The summed E-state index contributed by atoms with van der Waals surface area (Å²) in [4.78, 5) is 11.1. The minimum Gasteiger partial charge on any atom is -0.550 e. The molecule has 0 amide bonds. The molecule has 0 aliphatic carbocycles. The first-order valence-electron chi connectivity index (χ1n) is 6.46. The Morgan fingerprint density at radius 2 is 2.05 bits per heavy atom. The highest BCUT2D eigenvalue weighted by Gasteiger charge is 2.52. The van der Waals surface area contributed by atoms with Gasteiger partial charge in [-0.25, -0.2) is 0 Å². The van der Waals surface area contributed by atoms with Crippen LogP contribution in [0, 0.1) is 16.7 Å². The van der Waals surface area contributed by atoms with Crippen molar-refractivity contribution in [3.8, 4) is 6.07 Å². The van der Waals surface area contributed by atoms with Crippen molar-refractivity contribution >= 4 is 5.97 Å². The van der Waals surface area contributed by atoms with Crippen LogP contribution >= 0.6 is 0 Å². The first kappa shape index (κ1) is 15.9. The smallest absolute Gasteiger partial charge is 0.163 e. The van der Waals surface area contributed by atoms with Crippen molar-refractivity contribution in [3.05, 3.63) is 0 Å². The Kier molecular flexibility index (Phi) is 4.28. The predicted octanol–water partition coefficient (Wildman–Crippen LogP) is 1.37. The number of carbonyl (C=O) groups excluding carboxylic acids is 1. The van der Waals surface area contributed by atoms with Crippen LogP contribution in [0.4, 0.5) is 0 Å². The Hall–Kier alpha value is -1.12. The first-order valence-corrected chi connectivity index (χ1v) is 6.46. The summed E-state index contributed by atoms with van der Waals surface area (Å²) in [5, 5.41) is 19.9. The van der Waals surface area contributed by atoms with Crippen LogP contribution in [-0.2, 0) is 14.3 Å². The molecule has 0 radical (unpaired) electrons. The Bertz CT molecular complexity index is 391. The predicted molar refractivity (Wildman–Crippen MR) is 66.7 cm³/mol. The summed E-state index contributed by atoms with van der Waals surface area (Å²) in [6.45, 7) is 9.28. The topological polar surface area (TPSA) is 82.4 Å². The highest BCUT2D eigenvalue weighted by Crippen LogP contribution is 2.47. The third-order valence-corrected chi connectivity index (χ3v) is 3.56. The van der Waals surface area contributed by atoms with Crippen LogP contribution in [0.3, 0.4) is 0 Å². The lowest BCUT2D eigenvalue weighted by Crippen LogP contribution is -2.60. The molecule has 2 unspecified atom stereocenters. The number of hydrogen-bond donors (Lipinski definition) is 0. The summed E-state index contributed by atoms with van der Waals surface area (Å²) in [5.74, 6) is -2.06. The summed E-state index contributed by atoms with van der Waals surface area (Å²) < 4.78 is 11.6. The van der Waals surface area contributed by atoms with Crippen LogP contribution in [0.15, 0.2) is 0 Å². The average Bonchev–Trinajstić information content (AvgIpc) is 2.11. The molecule has 0 N–H and O–H groups in total. The lowest BCUT2D eigenvalue weighted by atomic mass is 9.70. The number of rotatable bonds is 3. The van der Waals surface area contributed by atoms with Crippen LogP contribution in [0.1, 0.15) is 53.9 Å². The van der Waals surface area contributed by atoms with E-state index in [0.29, 0.717) is 6.42 Å². The second kappa shape index (κ2) is 5.10. The number of carbonyl (C=O) groups is 1. The number of nitriles is 1. The maximum absolute atomic E-state index is 11.1. The zero-order valence-electron chi connectivity index (χ0n) is 12.3. The summed E-state index contributed by atoms with van der Waals surface area (Å²) in [5.41, 5.74) is -1.29. The summed E-state index contributed by atoms with van der Waals surface area (Å²) in [7, 11) is 0. The van der Waals surface area contributed by atoms with E-state index in [0.717, 1.165) is 0 Å². The van der Waals surface area contributed by atoms with Crippen LogP contribution < -0.4 is 5.11 Å². The van der Waals surface area contributed by atoms with Gasteiger partial charge in [0.2, 0.25) is 0 Å². The molecule has 0 spiro atoms. The number of aliphatic carboxylic acids is 1. The van der Waals surface area contributed by atoms with E-state index in [-0.39, 0.29) is 18.9 Å². The summed E-state index contributed by atoms with van der Waals surface area (Å²) in [6, 6.07) is 2.07. The number of carboxylic acids is 1. The van der Waals surface area contributed by atoms with Crippen molar-refractivity contribution in [3.63, 3.8) is 0 Å². The molecule has 2 atom stereocenters. The van der Waals surface area contributed by atoms with Crippen LogP contribution in [0.25, 0.3) is 0 Å². The van der Waals surface area contributed by atoms with Gasteiger partial charge >= 0.3 is 0 Å². The highest BCUT2D eigenvalue weighted by molar-refractivity contribution is 5.66. The average molecular weight is 268 g/mol. The van der Waals surface area contributed by atoms with E-state index in [4.69, 9.17) is 14.7 Å². The van der Waals surface area contributed by atoms with E-state index in [1.54, 1.807) is 13.8 Å². The van der Waals surface area contributed by atoms with Crippen molar-refractivity contribution in [1.29, 1.82) is 5.26 Å². The van der Waals surface area contributed by atoms with Crippen LogP contribution in [0.5, 0.6) is 0 Å². The van der Waals surface area contributed by atoms with Gasteiger partial charge in [0.15, 0.2) is 5.79 Å². The molecule has 5 nitrogen and oxygen atoms in total. The van der Waals surface area contributed by atoms with Gasteiger partial charge in [-0.2, -0.15) is 5.26 Å². The number of hydrogen-bond acceptors (Lipinski definition) is 5. The molecule has 0 bridgehead atoms. The minimum absolute atomic E-state index is 0.203. The molecule has 1 aliphatic rings. The van der Waals surface area contributed by atoms with E-state index < -0.39 is 22.8 Å². The molecule has 19 heavy (non-hydrogen) atoms. The van der Waals surface area contributed by atoms with Gasteiger partial charge in [0.05, 0.1) is 24.2 Å². The van der Waals surface area contributed by atoms with E-state index >= 15 is 0 Å². The largest absolute Gasteiger partial charge is 0.550 e. The Labute approximate surface area is 114 Å². The molecule has 5 heteroatoms. The Balaban J connectivity index is 3.14. The fourth-order valence-corrected chi connectivity index (χ4v) is 2.63. The van der Waals surface area contributed by atoms with Gasteiger partial charge in [-0.15, -0.1) is 0 Å². The molecule has 1 aliphatic heterocycles. The molecule has 0 aromatic heterocycles. The monoisotopic (exact) mass is 268 g/mol. The second-order valence-electron chi connectivity index (χ2n) is 6.60. The van der Waals surface area contributed by atoms with E-state index in [2.05, 4.69) is 6.07 Å². The van der Waals surface area contributed by atoms with Crippen molar-refractivity contribution in [1.82, 2.24) is 0 Å². The number of ether oxygens (including phenoxy) is 2. The van der Waals surface area contributed by atoms with Gasteiger partial charge in [0.1, 0.15) is 0 Å². The zero-order chi connectivity index (χ0) is 14.9. The SMILES string of the molecule is CC1(C)OC(CC#N)CC(CC(=O)[O-])(C(C)(C)C)O1. The van der Waals surface area contributed by atoms with E-state index in [1.165, 1.54) is 0 Å². The molecule has 1 fully saturated rings. The third-order valence-electron chi connectivity index (χ3n) is 3.56. The fraction of sp³-hybridized carbons (Fsp3) is 0.857. The number of nitrogens with zero attached hydrogens (tertiary/aromatic N) is 1. The van der Waals surface area contributed by atoms with Crippen LogP contribution in [-0.4, -0.2) is 23.5 Å². The lowest BCUT2D eigenvalue weighted by Gasteiger charge is -2.54. The van der Waals surface area contributed by atoms with Gasteiger partial charge in [-0.3, -0.25) is 0 Å². The molecule has 1 rings (SSSR count). The maximum atomic E-state index is 11.1. The molecular weight excluding hydrogens is 246 g/mol. The lowest BCUT2D eigenvalue weighted by molar-refractivity contribution is -0.364. The van der Waals surface area contributed by atoms with Crippen molar-refractivity contribution < 1.29 is 19.4 Å². The second-order valence-corrected chi connectivity index (χ2v) is 6.60. The van der Waals surface area contributed by atoms with Crippen molar-refractivity contribution in [2.24, 2.45) is 5.41 Å². The Morgan fingerprint density at radius 3 is 2.47 bits per heavy atom. The van der Waals surface area contributed by atoms with Gasteiger partial charge in [0, 0.05) is 18.8 Å². The number of carboxylic acid groups (broad SMARTS) is 1. The van der Waals surface area contributed by atoms with Gasteiger partial charge in [0.25, 0.3) is 0 Å². The minimum atomic E-state index is -1.15. The van der Waals surface area contributed by atoms with Gasteiger partial charge in [-0.05, 0) is 19.3 Å². The molecular formula is C14H22NO4-. The Morgan fingerprint density at radius 1 is 1.47 bits per heavy atom. The molecule has 0 aromatic rings. The van der Waals surface area contributed by atoms with Gasteiger partial charge < -0.3 is 19.4 Å². The van der Waals surface area contributed by atoms with Crippen molar-refractivity contribution in [2.45, 2.75) is 71.4 Å². The molecule has 1 saturated heterocycles. The quantitative estimate of drug-likeness (QED) is 0.772. The summed E-state index contributed by atoms with van der Waals surface area (Å²) in [6.07, 6.45) is 0.0667. The fourth-order valence-electron chi connectivity index (χ4n) is 2.63. The van der Waals surface area contributed by atoms with Crippen molar-refractivity contribution in [2.75, 3.05) is 0 Å². The normalized spacial score (nSPS) is 30.6. The molecule has 108 valence electrons. The third kappa shape index (κ3) is 3.68. The first-order chi connectivity index (χ1) is 8.51. The van der Waals surface area contributed by atoms with E-state index in [1.807, 2.05) is 20.8 Å². The maximum Gasteiger partial charge on any atom is 0.163 e. The van der Waals surface area contributed by atoms with Gasteiger partial charge in [-0.1, -0.05) is 20.8 Å². The molecule has 0 saturated carbocycles. The standard InChI is InChI=1S/C14H23NO4/c1-12(2,3)14(9-11(16)17)8-10(6-7-15)18-13(4,5)19-14/h10H,6,8-9H2,1-5H3,(H,16,17)/p-1. The van der Waals surface area contributed by atoms with Crippen LogP contribution in [0.2, 0.25) is 0 Å². The van der Waals surface area contributed by atoms with E-state index in [9.17, 15) is 9.90 Å².